The highest BCUT2D eigenvalue weighted by Gasteiger charge is 2.38. The van der Waals surface area contributed by atoms with Crippen LogP contribution in [0, 0.1) is 0 Å². The lowest BCUT2D eigenvalue weighted by atomic mass is 10.1. The number of ether oxygens (including phenoxy) is 4. The van der Waals surface area contributed by atoms with Crippen molar-refractivity contribution in [2.45, 2.75) is 13.1 Å². The molecule has 1 heterocycles. The Morgan fingerprint density at radius 3 is 2.16 bits per heavy atom. The van der Waals surface area contributed by atoms with E-state index in [2.05, 4.69) is 25.6 Å². The molecule has 31 heavy (non-hydrogen) atoms. The summed E-state index contributed by atoms with van der Waals surface area (Å²) in [5.41, 5.74) is 2.01. The van der Waals surface area contributed by atoms with Gasteiger partial charge in [-0.3, -0.25) is 15.6 Å². The van der Waals surface area contributed by atoms with Gasteiger partial charge in [-0.25, -0.2) is 14.8 Å². The minimum Gasteiger partial charge on any atom is -0.493 e. The third kappa shape index (κ3) is 5.43. The summed E-state index contributed by atoms with van der Waals surface area (Å²) in [5, 5.41) is 0. The summed E-state index contributed by atoms with van der Waals surface area (Å²) in [7, 11) is 4.10. The molecule has 2 aromatic rings. The van der Waals surface area contributed by atoms with Crippen LogP contribution in [-0.4, -0.2) is 49.8 Å². The summed E-state index contributed by atoms with van der Waals surface area (Å²) < 4.78 is 59.9. The van der Waals surface area contributed by atoms with Gasteiger partial charge in [0.25, 0.3) is 5.91 Å². The number of hydrogen-bond donors (Lipinski definition) is 2. The molecule has 0 atom stereocenters. The number of carbonyl (C=O) groups is 2. The number of hydrazine groups is 1. The van der Waals surface area contributed by atoms with Gasteiger partial charge < -0.3 is 18.9 Å². The fourth-order valence-corrected chi connectivity index (χ4v) is 2.41. The Morgan fingerprint density at radius 1 is 1.06 bits per heavy atom. The van der Waals surface area contributed by atoms with Crippen molar-refractivity contribution < 1.29 is 41.7 Å². The van der Waals surface area contributed by atoms with Crippen molar-refractivity contribution in [2.75, 3.05) is 33.4 Å². The quantitative estimate of drug-likeness (QED) is 0.467. The highest BCUT2D eigenvalue weighted by atomic mass is 19.4. The van der Waals surface area contributed by atoms with Gasteiger partial charge in [-0.15, -0.1) is 0 Å². The molecule has 2 rings (SSSR count). The number of anilines is 1. The zero-order valence-electron chi connectivity index (χ0n) is 16.9. The molecule has 0 aliphatic rings. The van der Waals surface area contributed by atoms with Gasteiger partial charge >= 0.3 is 12.1 Å². The Labute approximate surface area is 174 Å². The molecule has 0 unspecified atom stereocenters. The number of aromatic nitrogens is 2. The Morgan fingerprint density at radius 2 is 1.68 bits per heavy atom. The van der Waals surface area contributed by atoms with Crippen LogP contribution < -0.4 is 25.1 Å². The SMILES string of the molecule is CCOC(=O)c1cnc(NNC(=O)c2cc(OC)c(OC)c(OC)c2)nc1C(F)(F)F. The van der Waals surface area contributed by atoms with Crippen LogP contribution in [0.5, 0.6) is 17.2 Å². The van der Waals surface area contributed by atoms with Crippen LogP contribution in [0.4, 0.5) is 19.1 Å². The second-order valence-electron chi connectivity index (χ2n) is 5.67. The molecule has 1 aromatic heterocycles. The van der Waals surface area contributed by atoms with Crippen molar-refractivity contribution in [1.29, 1.82) is 0 Å². The van der Waals surface area contributed by atoms with Crippen molar-refractivity contribution >= 4 is 17.8 Å². The standard InChI is InChI=1S/C18H19F3N4O6/c1-5-31-16(27)10-8-22-17(23-14(10)18(19,20)21)25-24-15(26)9-6-11(28-2)13(30-4)12(7-9)29-3/h6-8H,5H2,1-4H3,(H,24,26)(H,22,23,25). The molecule has 13 heteroatoms. The summed E-state index contributed by atoms with van der Waals surface area (Å²) in [5.74, 6) is -1.93. The monoisotopic (exact) mass is 444 g/mol. The molecule has 0 saturated carbocycles. The average molecular weight is 444 g/mol. The van der Waals surface area contributed by atoms with E-state index < -0.39 is 35.3 Å². The summed E-state index contributed by atoms with van der Waals surface area (Å²) in [6.07, 6.45) is -4.30. The molecular formula is C18H19F3N4O6. The number of hydrogen-bond acceptors (Lipinski definition) is 9. The van der Waals surface area contributed by atoms with E-state index >= 15 is 0 Å². The maximum atomic E-state index is 13.3. The molecule has 0 spiro atoms. The molecule has 10 nitrogen and oxygen atoms in total. The first-order valence-electron chi connectivity index (χ1n) is 8.63. The largest absolute Gasteiger partial charge is 0.493 e. The van der Waals surface area contributed by atoms with Gasteiger partial charge in [0.15, 0.2) is 17.2 Å². The van der Waals surface area contributed by atoms with Crippen molar-refractivity contribution in [3.63, 3.8) is 0 Å². The van der Waals surface area contributed by atoms with Crippen molar-refractivity contribution in [1.82, 2.24) is 15.4 Å². The second-order valence-corrected chi connectivity index (χ2v) is 5.67. The smallest absolute Gasteiger partial charge is 0.434 e. The van der Waals surface area contributed by atoms with Crippen LogP contribution in [-0.2, 0) is 10.9 Å². The summed E-state index contributed by atoms with van der Waals surface area (Å²) in [6, 6.07) is 2.68. The number of nitrogens with one attached hydrogen (secondary N) is 2. The number of benzene rings is 1. The fourth-order valence-electron chi connectivity index (χ4n) is 2.41. The number of amides is 1. The van der Waals surface area contributed by atoms with Crippen LogP contribution in [0.15, 0.2) is 18.3 Å². The number of halogens is 3. The van der Waals surface area contributed by atoms with E-state index in [4.69, 9.17) is 14.2 Å². The number of rotatable bonds is 8. The van der Waals surface area contributed by atoms with Gasteiger partial charge in [0.05, 0.1) is 27.9 Å². The number of methoxy groups -OCH3 is 3. The molecule has 0 fully saturated rings. The van der Waals surface area contributed by atoms with Crippen LogP contribution in [0.25, 0.3) is 0 Å². The maximum Gasteiger partial charge on any atom is 0.434 e. The minimum absolute atomic E-state index is 0.0428. The predicted molar refractivity (Wildman–Crippen MR) is 100 cm³/mol. The topological polar surface area (TPSA) is 121 Å². The molecule has 0 aliphatic heterocycles. The first kappa shape index (κ1) is 23.5. The van der Waals surface area contributed by atoms with E-state index in [1.54, 1.807) is 0 Å². The highest BCUT2D eigenvalue weighted by Crippen LogP contribution is 2.38. The number of esters is 1. The van der Waals surface area contributed by atoms with Gasteiger partial charge in [0, 0.05) is 11.8 Å². The number of alkyl halides is 3. The third-order valence-electron chi connectivity index (χ3n) is 3.77. The Kier molecular flexibility index (Phi) is 7.45. The van der Waals surface area contributed by atoms with Gasteiger partial charge in [-0.1, -0.05) is 0 Å². The van der Waals surface area contributed by atoms with Crippen LogP contribution in [0.1, 0.15) is 33.3 Å². The third-order valence-corrected chi connectivity index (χ3v) is 3.77. The van der Waals surface area contributed by atoms with Crippen LogP contribution >= 0.6 is 0 Å². The molecule has 0 saturated heterocycles. The Hall–Kier alpha value is -3.77. The van der Waals surface area contributed by atoms with Gasteiger partial charge in [0.2, 0.25) is 11.7 Å². The molecular weight excluding hydrogens is 425 g/mol. The van der Waals surface area contributed by atoms with Gasteiger partial charge in [-0.2, -0.15) is 13.2 Å². The van der Waals surface area contributed by atoms with E-state index in [-0.39, 0.29) is 29.4 Å². The first-order valence-corrected chi connectivity index (χ1v) is 8.63. The fraction of sp³-hybridized carbons (Fsp3) is 0.333. The molecule has 0 radical (unpaired) electrons. The molecule has 168 valence electrons. The average Bonchev–Trinajstić information content (AvgIpc) is 2.75. The maximum absolute atomic E-state index is 13.3. The Bertz CT molecular complexity index is 943. The van der Waals surface area contributed by atoms with Crippen LogP contribution in [0.3, 0.4) is 0 Å². The van der Waals surface area contributed by atoms with Crippen molar-refractivity contribution in [3.05, 3.63) is 35.2 Å². The van der Waals surface area contributed by atoms with Crippen molar-refractivity contribution in [3.8, 4) is 17.2 Å². The van der Waals surface area contributed by atoms with Gasteiger partial charge in [-0.05, 0) is 19.1 Å². The number of nitrogens with zero attached hydrogens (tertiary/aromatic N) is 2. The summed E-state index contributed by atoms with van der Waals surface area (Å²) in [4.78, 5) is 31.0. The Balaban J connectivity index is 2.27. The molecule has 1 aromatic carbocycles. The van der Waals surface area contributed by atoms with E-state index in [0.717, 1.165) is 0 Å². The van der Waals surface area contributed by atoms with E-state index in [1.165, 1.54) is 40.4 Å². The lowest BCUT2D eigenvalue weighted by molar-refractivity contribution is -0.141. The number of carbonyl (C=O) groups excluding carboxylic acids is 2. The lowest BCUT2D eigenvalue weighted by Gasteiger charge is -2.15. The lowest BCUT2D eigenvalue weighted by Crippen LogP contribution is -2.31. The highest BCUT2D eigenvalue weighted by molar-refractivity contribution is 5.96. The summed E-state index contributed by atoms with van der Waals surface area (Å²) >= 11 is 0. The molecule has 2 N–H and O–H groups in total. The predicted octanol–water partition coefficient (Wildman–Crippen LogP) is 2.45. The minimum atomic E-state index is -4.96. The molecule has 0 bridgehead atoms. The second kappa shape index (κ2) is 9.82. The normalized spacial score (nSPS) is 10.8. The van der Waals surface area contributed by atoms with Gasteiger partial charge in [0.1, 0.15) is 5.56 Å². The van der Waals surface area contributed by atoms with E-state index in [0.29, 0.717) is 6.20 Å². The molecule has 1 amide bonds. The van der Waals surface area contributed by atoms with Crippen LogP contribution in [0.2, 0.25) is 0 Å². The zero-order chi connectivity index (χ0) is 23.2. The van der Waals surface area contributed by atoms with E-state index in [9.17, 15) is 22.8 Å². The first-order chi connectivity index (χ1) is 14.7. The van der Waals surface area contributed by atoms with Crippen molar-refractivity contribution in [2.24, 2.45) is 0 Å². The van der Waals surface area contributed by atoms with E-state index in [1.807, 2.05) is 0 Å². The zero-order valence-corrected chi connectivity index (χ0v) is 16.9. The summed E-state index contributed by atoms with van der Waals surface area (Å²) in [6.45, 7) is 1.32. The molecule has 0 aliphatic carbocycles.